The van der Waals surface area contributed by atoms with Crippen molar-refractivity contribution < 1.29 is 0 Å². The monoisotopic (exact) mass is 221 g/mol. The van der Waals surface area contributed by atoms with Gasteiger partial charge in [0, 0.05) is 24.3 Å². The average molecular weight is 221 g/mol. The van der Waals surface area contributed by atoms with Crippen LogP contribution in [-0.4, -0.2) is 28.8 Å². The van der Waals surface area contributed by atoms with Gasteiger partial charge in [-0.2, -0.15) is 0 Å². The van der Waals surface area contributed by atoms with E-state index in [4.69, 9.17) is 0 Å². The molecular formula is C11H15N3S. The predicted octanol–water partition coefficient (Wildman–Crippen LogP) is 2.44. The van der Waals surface area contributed by atoms with E-state index in [-0.39, 0.29) is 0 Å². The third-order valence-electron chi connectivity index (χ3n) is 2.45. The highest BCUT2D eigenvalue weighted by molar-refractivity contribution is 7.98. The van der Waals surface area contributed by atoms with Crippen molar-refractivity contribution in [3.05, 3.63) is 17.8 Å². The summed E-state index contributed by atoms with van der Waals surface area (Å²) in [6.45, 7) is 5.31. The molecule has 0 N–H and O–H groups in total. The van der Waals surface area contributed by atoms with Crippen LogP contribution in [0.25, 0.3) is 6.08 Å². The molecule has 3 nitrogen and oxygen atoms in total. The van der Waals surface area contributed by atoms with Gasteiger partial charge in [0.15, 0.2) is 5.16 Å². The third-order valence-corrected chi connectivity index (χ3v) is 3.01. The van der Waals surface area contributed by atoms with Crippen LogP contribution in [-0.2, 0) is 0 Å². The fourth-order valence-electron chi connectivity index (χ4n) is 1.65. The second kappa shape index (κ2) is 4.23. The molecule has 1 aromatic rings. The molecule has 1 aliphatic rings. The molecule has 0 saturated carbocycles. The number of anilines is 1. The summed E-state index contributed by atoms with van der Waals surface area (Å²) in [6.07, 6.45) is 8.15. The molecule has 0 aliphatic carbocycles. The summed E-state index contributed by atoms with van der Waals surface area (Å²) in [4.78, 5) is 11.1. The van der Waals surface area contributed by atoms with Crippen molar-refractivity contribution in [2.24, 2.45) is 0 Å². The molecule has 0 aromatic carbocycles. The van der Waals surface area contributed by atoms with Crippen molar-refractivity contribution in [3.63, 3.8) is 0 Å². The van der Waals surface area contributed by atoms with E-state index in [1.165, 1.54) is 0 Å². The highest BCUT2D eigenvalue weighted by atomic mass is 32.2. The third kappa shape index (κ3) is 2.00. The molecule has 0 unspecified atom stereocenters. The lowest BCUT2D eigenvalue weighted by molar-refractivity contribution is 0.699. The second-order valence-corrected chi connectivity index (χ2v) is 4.56. The number of nitrogens with zero attached hydrogens (tertiary/aromatic N) is 3. The first-order chi connectivity index (χ1) is 7.22. The van der Waals surface area contributed by atoms with E-state index in [9.17, 15) is 0 Å². The first-order valence-electron chi connectivity index (χ1n) is 5.06. The molecule has 4 heteroatoms. The van der Waals surface area contributed by atoms with Gasteiger partial charge in [0.2, 0.25) is 0 Å². The Kier molecular flexibility index (Phi) is 2.95. The standard InChI is InChI=1S/C11H15N3S/c1-8(2)14-6-4-5-9-7-12-11(15-3)13-10(9)14/h4-5,7-8H,6H2,1-3H3. The van der Waals surface area contributed by atoms with E-state index in [2.05, 4.69) is 40.9 Å². The fraction of sp³-hybridized carbons (Fsp3) is 0.455. The van der Waals surface area contributed by atoms with E-state index in [0.717, 1.165) is 23.1 Å². The highest BCUT2D eigenvalue weighted by Crippen LogP contribution is 2.26. The molecule has 0 amide bonds. The molecule has 1 aliphatic heterocycles. The Hall–Kier alpha value is -1.03. The van der Waals surface area contributed by atoms with E-state index < -0.39 is 0 Å². The van der Waals surface area contributed by atoms with Crippen molar-refractivity contribution in [1.29, 1.82) is 0 Å². The molecule has 0 radical (unpaired) electrons. The van der Waals surface area contributed by atoms with Crippen molar-refractivity contribution in [2.75, 3.05) is 17.7 Å². The normalized spacial score (nSPS) is 14.5. The summed E-state index contributed by atoms with van der Waals surface area (Å²) < 4.78 is 0. The van der Waals surface area contributed by atoms with Gasteiger partial charge in [0.25, 0.3) is 0 Å². The van der Waals surface area contributed by atoms with Gasteiger partial charge in [-0.05, 0) is 20.1 Å². The number of hydrogen-bond donors (Lipinski definition) is 0. The van der Waals surface area contributed by atoms with Gasteiger partial charge in [-0.15, -0.1) is 0 Å². The number of aromatic nitrogens is 2. The van der Waals surface area contributed by atoms with Crippen LogP contribution in [0.15, 0.2) is 17.4 Å². The van der Waals surface area contributed by atoms with Crippen LogP contribution in [0.2, 0.25) is 0 Å². The highest BCUT2D eigenvalue weighted by Gasteiger charge is 2.17. The lowest BCUT2D eigenvalue weighted by atomic mass is 10.1. The van der Waals surface area contributed by atoms with Crippen LogP contribution < -0.4 is 4.90 Å². The molecule has 15 heavy (non-hydrogen) atoms. The number of hydrogen-bond acceptors (Lipinski definition) is 4. The average Bonchev–Trinajstić information content (AvgIpc) is 2.27. The largest absolute Gasteiger partial charge is 0.350 e. The number of fused-ring (bicyclic) bond motifs is 1. The minimum atomic E-state index is 0.471. The van der Waals surface area contributed by atoms with Crippen molar-refractivity contribution >= 4 is 23.7 Å². The molecule has 0 fully saturated rings. The number of rotatable bonds is 2. The number of thioether (sulfide) groups is 1. The van der Waals surface area contributed by atoms with Crippen LogP contribution in [0, 0.1) is 0 Å². The Balaban J connectivity index is 2.44. The van der Waals surface area contributed by atoms with Gasteiger partial charge in [-0.25, -0.2) is 9.97 Å². The summed E-state index contributed by atoms with van der Waals surface area (Å²) in [5, 5.41) is 0.842. The van der Waals surface area contributed by atoms with Gasteiger partial charge >= 0.3 is 0 Å². The van der Waals surface area contributed by atoms with Crippen LogP contribution in [0.5, 0.6) is 0 Å². The Morgan fingerprint density at radius 3 is 2.93 bits per heavy atom. The zero-order valence-corrected chi connectivity index (χ0v) is 10.1. The molecule has 0 saturated heterocycles. The smallest absolute Gasteiger partial charge is 0.189 e. The summed E-state index contributed by atoms with van der Waals surface area (Å²) in [5.74, 6) is 1.06. The van der Waals surface area contributed by atoms with Gasteiger partial charge in [-0.1, -0.05) is 23.9 Å². The van der Waals surface area contributed by atoms with Gasteiger partial charge in [0.05, 0.1) is 0 Å². The van der Waals surface area contributed by atoms with Crippen LogP contribution >= 0.6 is 11.8 Å². The molecular weight excluding hydrogens is 206 g/mol. The minimum Gasteiger partial charge on any atom is -0.350 e. The maximum Gasteiger partial charge on any atom is 0.189 e. The maximum absolute atomic E-state index is 4.56. The fourth-order valence-corrected chi connectivity index (χ4v) is 1.98. The Labute approximate surface area is 94.6 Å². The van der Waals surface area contributed by atoms with Crippen LogP contribution in [0.4, 0.5) is 5.82 Å². The lowest BCUT2D eigenvalue weighted by Gasteiger charge is -2.30. The van der Waals surface area contributed by atoms with E-state index >= 15 is 0 Å². The first-order valence-corrected chi connectivity index (χ1v) is 6.29. The molecule has 1 aromatic heterocycles. The van der Waals surface area contributed by atoms with E-state index in [1.807, 2.05) is 12.5 Å². The van der Waals surface area contributed by atoms with Crippen molar-refractivity contribution in [3.8, 4) is 0 Å². The molecule has 80 valence electrons. The zero-order valence-electron chi connectivity index (χ0n) is 9.27. The Bertz CT molecular complexity index is 387. The molecule has 0 atom stereocenters. The predicted molar refractivity (Wildman–Crippen MR) is 65.3 cm³/mol. The molecule has 2 heterocycles. The maximum atomic E-state index is 4.56. The minimum absolute atomic E-state index is 0.471. The van der Waals surface area contributed by atoms with Gasteiger partial charge < -0.3 is 4.90 Å². The van der Waals surface area contributed by atoms with Crippen molar-refractivity contribution in [2.45, 2.75) is 25.0 Å². The summed E-state index contributed by atoms with van der Waals surface area (Å²) in [6, 6.07) is 0.471. The van der Waals surface area contributed by atoms with Gasteiger partial charge in [0.1, 0.15) is 5.82 Å². The van der Waals surface area contributed by atoms with Crippen LogP contribution in [0.3, 0.4) is 0 Å². The zero-order chi connectivity index (χ0) is 10.8. The van der Waals surface area contributed by atoms with Crippen LogP contribution in [0.1, 0.15) is 19.4 Å². The lowest BCUT2D eigenvalue weighted by Crippen LogP contribution is -2.33. The Morgan fingerprint density at radius 2 is 2.27 bits per heavy atom. The van der Waals surface area contributed by atoms with E-state index in [1.54, 1.807) is 11.8 Å². The SMILES string of the molecule is CSc1ncc2c(n1)N(C(C)C)CC=C2. The molecule has 2 rings (SSSR count). The quantitative estimate of drug-likeness (QED) is 0.566. The summed E-state index contributed by atoms with van der Waals surface area (Å²) in [5.41, 5.74) is 1.12. The van der Waals surface area contributed by atoms with Crippen molar-refractivity contribution in [1.82, 2.24) is 9.97 Å². The van der Waals surface area contributed by atoms with E-state index in [0.29, 0.717) is 6.04 Å². The Morgan fingerprint density at radius 1 is 1.47 bits per heavy atom. The molecule has 0 spiro atoms. The first kappa shape index (κ1) is 10.5. The van der Waals surface area contributed by atoms with Gasteiger partial charge in [-0.3, -0.25) is 0 Å². The molecule has 0 bridgehead atoms. The summed E-state index contributed by atoms with van der Waals surface area (Å²) in [7, 11) is 0. The topological polar surface area (TPSA) is 29.0 Å². The second-order valence-electron chi connectivity index (χ2n) is 3.78. The summed E-state index contributed by atoms with van der Waals surface area (Å²) >= 11 is 1.58.